The van der Waals surface area contributed by atoms with E-state index in [0.29, 0.717) is 23.0 Å². The van der Waals surface area contributed by atoms with Gasteiger partial charge in [0.2, 0.25) is 0 Å². The van der Waals surface area contributed by atoms with E-state index in [4.69, 9.17) is 18.9 Å². The first-order chi connectivity index (χ1) is 11.7. The van der Waals surface area contributed by atoms with Crippen molar-refractivity contribution >= 4 is 10.9 Å². The first-order valence-corrected chi connectivity index (χ1v) is 7.45. The van der Waals surface area contributed by atoms with Crippen LogP contribution in [0.15, 0.2) is 42.6 Å². The molecule has 0 bridgehead atoms. The summed E-state index contributed by atoms with van der Waals surface area (Å²) in [6.07, 6.45) is 1.78. The van der Waals surface area contributed by atoms with E-state index in [2.05, 4.69) is 4.98 Å². The van der Waals surface area contributed by atoms with Gasteiger partial charge in [-0.05, 0) is 35.4 Å². The minimum Gasteiger partial charge on any atom is -0.493 e. The molecule has 0 saturated heterocycles. The van der Waals surface area contributed by atoms with Gasteiger partial charge < -0.3 is 18.9 Å². The Balaban J connectivity index is 2.23. The fourth-order valence-electron chi connectivity index (χ4n) is 2.73. The van der Waals surface area contributed by atoms with E-state index in [1.165, 1.54) is 0 Å². The molecule has 0 aliphatic carbocycles. The molecule has 5 nitrogen and oxygen atoms in total. The molecule has 0 aliphatic heterocycles. The number of benzene rings is 2. The molecule has 3 aromatic rings. The number of nitrogens with zero attached hydrogens (tertiary/aromatic N) is 1. The fraction of sp³-hybridized carbons (Fsp3) is 0.211. The Morgan fingerprint density at radius 2 is 1.29 bits per heavy atom. The molecule has 124 valence electrons. The Hall–Kier alpha value is -2.95. The second-order valence-corrected chi connectivity index (χ2v) is 5.15. The van der Waals surface area contributed by atoms with Crippen molar-refractivity contribution in [1.29, 1.82) is 0 Å². The number of pyridine rings is 1. The molecular formula is C19H19NO4. The summed E-state index contributed by atoms with van der Waals surface area (Å²) in [5.41, 5.74) is 2.87. The van der Waals surface area contributed by atoms with Crippen LogP contribution < -0.4 is 18.9 Å². The first-order valence-electron chi connectivity index (χ1n) is 7.45. The van der Waals surface area contributed by atoms with E-state index >= 15 is 0 Å². The molecule has 3 rings (SSSR count). The van der Waals surface area contributed by atoms with Crippen LogP contribution in [0.4, 0.5) is 0 Å². The van der Waals surface area contributed by atoms with Crippen molar-refractivity contribution in [3.05, 3.63) is 42.6 Å². The minimum absolute atomic E-state index is 0.655. The third-order valence-corrected chi connectivity index (χ3v) is 3.94. The van der Waals surface area contributed by atoms with Crippen molar-refractivity contribution in [2.24, 2.45) is 0 Å². The van der Waals surface area contributed by atoms with Gasteiger partial charge in [-0.3, -0.25) is 4.98 Å². The molecule has 1 heterocycles. The van der Waals surface area contributed by atoms with Crippen LogP contribution in [0.1, 0.15) is 0 Å². The fourth-order valence-corrected chi connectivity index (χ4v) is 2.73. The van der Waals surface area contributed by atoms with Gasteiger partial charge >= 0.3 is 0 Å². The Morgan fingerprint density at radius 3 is 1.96 bits per heavy atom. The molecule has 5 heteroatoms. The number of rotatable bonds is 5. The Labute approximate surface area is 140 Å². The predicted molar refractivity (Wildman–Crippen MR) is 93.4 cm³/mol. The second-order valence-electron chi connectivity index (χ2n) is 5.15. The summed E-state index contributed by atoms with van der Waals surface area (Å²) in [4.78, 5) is 4.44. The van der Waals surface area contributed by atoms with Crippen molar-refractivity contribution in [2.45, 2.75) is 0 Å². The summed E-state index contributed by atoms with van der Waals surface area (Å²) in [7, 11) is 6.48. The molecule has 0 fully saturated rings. The maximum absolute atomic E-state index is 5.42. The van der Waals surface area contributed by atoms with E-state index in [1.807, 2.05) is 36.4 Å². The number of aromatic nitrogens is 1. The zero-order chi connectivity index (χ0) is 17.1. The van der Waals surface area contributed by atoms with Gasteiger partial charge in [-0.1, -0.05) is 6.07 Å². The second kappa shape index (κ2) is 6.66. The van der Waals surface area contributed by atoms with Gasteiger partial charge in [0.1, 0.15) is 0 Å². The van der Waals surface area contributed by atoms with Gasteiger partial charge in [-0.25, -0.2) is 0 Å². The average Bonchev–Trinajstić information content (AvgIpc) is 2.65. The molecular weight excluding hydrogens is 306 g/mol. The van der Waals surface area contributed by atoms with Crippen molar-refractivity contribution < 1.29 is 18.9 Å². The maximum atomic E-state index is 5.42. The largest absolute Gasteiger partial charge is 0.493 e. The van der Waals surface area contributed by atoms with Crippen LogP contribution in [0.3, 0.4) is 0 Å². The zero-order valence-electron chi connectivity index (χ0n) is 14.1. The predicted octanol–water partition coefficient (Wildman–Crippen LogP) is 3.94. The van der Waals surface area contributed by atoms with Gasteiger partial charge in [0.25, 0.3) is 0 Å². The normalized spacial score (nSPS) is 10.5. The summed E-state index contributed by atoms with van der Waals surface area (Å²) in [5, 5.41) is 0.974. The lowest BCUT2D eigenvalue weighted by Crippen LogP contribution is -1.94. The summed E-state index contributed by atoms with van der Waals surface area (Å²) in [6.45, 7) is 0. The Kier molecular flexibility index (Phi) is 4.42. The molecule has 0 spiro atoms. The van der Waals surface area contributed by atoms with Gasteiger partial charge in [0, 0.05) is 17.6 Å². The highest BCUT2D eigenvalue weighted by Crippen LogP contribution is 2.38. The van der Waals surface area contributed by atoms with E-state index in [-0.39, 0.29) is 0 Å². The minimum atomic E-state index is 0.655. The molecule has 0 atom stereocenters. The number of hydrogen-bond donors (Lipinski definition) is 0. The number of ether oxygens (including phenoxy) is 4. The summed E-state index contributed by atoms with van der Waals surface area (Å²) in [6, 6.07) is 11.6. The van der Waals surface area contributed by atoms with Crippen LogP contribution >= 0.6 is 0 Å². The lowest BCUT2D eigenvalue weighted by Gasteiger charge is -2.13. The molecule has 0 aliphatic rings. The van der Waals surface area contributed by atoms with Crippen LogP contribution in [-0.4, -0.2) is 33.4 Å². The van der Waals surface area contributed by atoms with Crippen molar-refractivity contribution in [2.75, 3.05) is 28.4 Å². The molecule has 0 N–H and O–H groups in total. The summed E-state index contributed by atoms with van der Waals surface area (Å²) < 4.78 is 21.5. The molecule has 24 heavy (non-hydrogen) atoms. The van der Waals surface area contributed by atoms with Crippen LogP contribution in [0.25, 0.3) is 22.0 Å². The quantitative estimate of drug-likeness (QED) is 0.711. The average molecular weight is 325 g/mol. The Bertz CT molecular complexity index is 877. The molecule has 0 unspecified atom stereocenters. The van der Waals surface area contributed by atoms with Crippen molar-refractivity contribution in [3.63, 3.8) is 0 Å². The maximum Gasteiger partial charge on any atom is 0.162 e. The number of hydrogen-bond acceptors (Lipinski definition) is 5. The number of methoxy groups -OCH3 is 4. The monoisotopic (exact) mass is 325 g/mol. The highest BCUT2D eigenvalue weighted by atomic mass is 16.5. The van der Waals surface area contributed by atoms with Gasteiger partial charge in [0.05, 0.1) is 34.0 Å². The summed E-state index contributed by atoms with van der Waals surface area (Å²) >= 11 is 0. The van der Waals surface area contributed by atoms with Gasteiger partial charge in [-0.2, -0.15) is 0 Å². The summed E-state index contributed by atoms with van der Waals surface area (Å²) in [5.74, 6) is 2.70. The molecule has 2 aromatic carbocycles. The van der Waals surface area contributed by atoms with Crippen molar-refractivity contribution in [3.8, 4) is 34.1 Å². The third kappa shape index (κ3) is 2.69. The van der Waals surface area contributed by atoms with Crippen molar-refractivity contribution in [1.82, 2.24) is 4.98 Å². The van der Waals surface area contributed by atoms with Crippen LogP contribution in [-0.2, 0) is 0 Å². The topological polar surface area (TPSA) is 49.8 Å². The van der Waals surface area contributed by atoms with Crippen LogP contribution in [0, 0.1) is 0 Å². The van der Waals surface area contributed by atoms with E-state index in [1.54, 1.807) is 34.6 Å². The molecule has 1 aromatic heterocycles. The molecule has 0 saturated carbocycles. The SMILES string of the molecule is COc1ccc(-c2ccnc3cc(OC)c(OC)cc23)cc1OC. The lowest BCUT2D eigenvalue weighted by molar-refractivity contribution is 0.355. The van der Waals surface area contributed by atoms with E-state index in [9.17, 15) is 0 Å². The van der Waals surface area contributed by atoms with Gasteiger partial charge in [0.15, 0.2) is 23.0 Å². The number of fused-ring (bicyclic) bond motifs is 1. The Morgan fingerprint density at radius 1 is 0.667 bits per heavy atom. The highest BCUT2D eigenvalue weighted by Gasteiger charge is 2.13. The molecule has 0 amide bonds. The lowest BCUT2D eigenvalue weighted by atomic mass is 10.0. The standard InChI is InChI=1S/C19H19NO4/c1-21-16-6-5-12(9-17(16)22-2)13-7-8-20-15-11-19(24-4)18(23-3)10-14(13)15/h5-11H,1-4H3. The smallest absolute Gasteiger partial charge is 0.162 e. The van der Waals surface area contributed by atoms with Crippen LogP contribution in [0.2, 0.25) is 0 Å². The third-order valence-electron chi connectivity index (χ3n) is 3.94. The highest BCUT2D eigenvalue weighted by molar-refractivity contribution is 5.96. The van der Waals surface area contributed by atoms with E-state index in [0.717, 1.165) is 22.0 Å². The van der Waals surface area contributed by atoms with Crippen LogP contribution in [0.5, 0.6) is 23.0 Å². The first kappa shape index (κ1) is 15.9. The molecule has 0 radical (unpaired) electrons. The van der Waals surface area contributed by atoms with E-state index < -0.39 is 0 Å². The van der Waals surface area contributed by atoms with Gasteiger partial charge in [-0.15, -0.1) is 0 Å². The zero-order valence-corrected chi connectivity index (χ0v) is 14.1.